The van der Waals surface area contributed by atoms with Crippen molar-refractivity contribution >= 4 is 39.4 Å². The molecule has 1 aromatic carbocycles. The van der Waals surface area contributed by atoms with Gasteiger partial charge in [0.15, 0.2) is 11.6 Å². The van der Waals surface area contributed by atoms with E-state index in [1.54, 1.807) is 12.4 Å². The van der Waals surface area contributed by atoms with Crippen LogP contribution < -0.4 is 15.5 Å². The maximum absolute atomic E-state index is 14.7. The van der Waals surface area contributed by atoms with Crippen molar-refractivity contribution in [3.8, 4) is 0 Å². The summed E-state index contributed by atoms with van der Waals surface area (Å²) in [5, 5.41) is 7.12. The molecule has 0 unspecified atom stereocenters. The number of aromatic nitrogens is 5. The number of hydrogen-bond donors (Lipinski definition) is 2. The molecule has 0 atom stereocenters. The predicted molar refractivity (Wildman–Crippen MR) is 116 cm³/mol. The molecule has 0 radical (unpaired) electrons. The molecule has 0 amide bonds. The molecule has 1 aliphatic heterocycles. The molecule has 0 spiro atoms. The number of anilines is 3. The molecule has 0 bridgehead atoms. The molecule has 30 heavy (non-hydrogen) atoms. The number of fused-ring (bicyclic) bond motifs is 3. The number of hydrogen-bond acceptors (Lipinski definition) is 7. The Morgan fingerprint density at radius 1 is 1.10 bits per heavy atom. The number of imidazole rings is 1. The first-order chi connectivity index (χ1) is 14.6. The second-order valence-corrected chi connectivity index (χ2v) is 7.70. The summed E-state index contributed by atoms with van der Waals surface area (Å²) in [6, 6.07) is 5.65. The van der Waals surface area contributed by atoms with Crippen LogP contribution in [0.5, 0.6) is 0 Å². The molecule has 4 heterocycles. The Morgan fingerprint density at radius 3 is 2.70 bits per heavy atom. The van der Waals surface area contributed by atoms with E-state index in [4.69, 9.17) is 0 Å². The Labute approximate surface area is 173 Å². The van der Waals surface area contributed by atoms with Gasteiger partial charge in [-0.3, -0.25) is 0 Å². The highest BCUT2D eigenvalue weighted by Crippen LogP contribution is 2.27. The van der Waals surface area contributed by atoms with E-state index in [0.29, 0.717) is 5.95 Å². The highest BCUT2D eigenvalue weighted by Gasteiger charge is 2.16. The van der Waals surface area contributed by atoms with Gasteiger partial charge in [-0.05, 0) is 26.0 Å². The molecule has 5 rings (SSSR count). The molecule has 1 saturated heterocycles. The van der Waals surface area contributed by atoms with Gasteiger partial charge in [-0.25, -0.2) is 24.3 Å². The van der Waals surface area contributed by atoms with Crippen LogP contribution >= 0.6 is 0 Å². The summed E-state index contributed by atoms with van der Waals surface area (Å²) in [4.78, 5) is 19.9. The number of nitrogens with one attached hydrogen (secondary N) is 2. The van der Waals surface area contributed by atoms with Gasteiger partial charge in [0.25, 0.3) is 0 Å². The van der Waals surface area contributed by atoms with Gasteiger partial charge in [-0.15, -0.1) is 0 Å². The standard InChI is InChI=1S/C21H23FN8/c1-13(2)30-12-26-17-4-3-14-10-25-21(27-18(14)19(17)30)28-20-16(22)9-15(11-24-20)29-7-5-23-6-8-29/h3-4,9-13,23H,5-8H2,1-2H3,(H,24,25,27,28). The van der Waals surface area contributed by atoms with E-state index < -0.39 is 5.82 Å². The fourth-order valence-electron chi connectivity index (χ4n) is 3.79. The summed E-state index contributed by atoms with van der Waals surface area (Å²) in [6.45, 7) is 7.63. The molecule has 4 aromatic rings. The van der Waals surface area contributed by atoms with E-state index >= 15 is 0 Å². The third kappa shape index (κ3) is 3.30. The topological polar surface area (TPSA) is 83.8 Å². The number of pyridine rings is 1. The summed E-state index contributed by atoms with van der Waals surface area (Å²) in [5.41, 5.74) is 3.36. The van der Waals surface area contributed by atoms with Crippen LogP contribution in [0.2, 0.25) is 0 Å². The number of rotatable bonds is 4. The van der Waals surface area contributed by atoms with E-state index in [9.17, 15) is 4.39 Å². The summed E-state index contributed by atoms with van der Waals surface area (Å²) < 4.78 is 16.8. The Morgan fingerprint density at radius 2 is 1.93 bits per heavy atom. The van der Waals surface area contributed by atoms with Gasteiger partial charge in [-0.1, -0.05) is 0 Å². The molecule has 2 N–H and O–H groups in total. The molecular weight excluding hydrogens is 383 g/mol. The third-order valence-corrected chi connectivity index (χ3v) is 5.38. The van der Waals surface area contributed by atoms with Crippen LogP contribution in [-0.2, 0) is 0 Å². The van der Waals surface area contributed by atoms with Crippen LogP contribution in [0.25, 0.3) is 21.9 Å². The summed E-state index contributed by atoms with van der Waals surface area (Å²) in [7, 11) is 0. The number of halogens is 1. The lowest BCUT2D eigenvalue weighted by Gasteiger charge is -2.29. The molecule has 3 aromatic heterocycles. The zero-order valence-electron chi connectivity index (χ0n) is 16.9. The molecule has 8 nitrogen and oxygen atoms in total. The third-order valence-electron chi connectivity index (χ3n) is 5.38. The highest BCUT2D eigenvalue weighted by atomic mass is 19.1. The highest BCUT2D eigenvalue weighted by molar-refractivity contribution is 6.02. The molecular formula is C21H23FN8. The van der Waals surface area contributed by atoms with Crippen molar-refractivity contribution < 1.29 is 4.39 Å². The minimum absolute atomic E-state index is 0.109. The quantitative estimate of drug-likeness (QED) is 0.538. The zero-order chi connectivity index (χ0) is 20.7. The van der Waals surface area contributed by atoms with Crippen LogP contribution in [0.3, 0.4) is 0 Å². The SMILES string of the molecule is CC(C)n1cnc2ccc3cnc(Nc4ncc(N5CCNCC5)cc4F)nc3c21. The lowest BCUT2D eigenvalue weighted by molar-refractivity contribution is 0.583. The predicted octanol–water partition coefficient (Wildman–Crippen LogP) is 3.25. The van der Waals surface area contributed by atoms with Crippen molar-refractivity contribution in [2.24, 2.45) is 0 Å². The normalized spacial score (nSPS) is 14.7. The summed E-state index contributed by atoms with van der Waals surface area (Å²) in [5.74, 6) is -0.0224. The van der Waals surface area contributed by atoms with Crippen LogP contribution in [0.4, 0.5) is 21.8 Å². The average Bonchev–Trinajstić information content (AvgIpc) is 3.21. The zero-order valence-corrected chi connectivity index (χ0v) is 16.9. The van der Waals surface area contributed by atoms with Gasteiger partial charge in [0.1, 0.15) is 5.52 Å². The van der Waals surface area contributed by atoms with E-state index in [2.05, 4.69) is 53.9 Å². The van der Waals surface area contributed by atoms with E-state index in [1.807, 2.05) is 18.5 Å². The van der Waals surface area contributed by atoms with Crippen molar-refractivity contribution in [2.45, 2.75) is 19.9 Å². The minimum atomic E-state index is -0.430. The van der Waals surface area contributed by atoms with Crippen molar-refractivity contribution in [1.82, 2.24) is 29.8 Å². The molecule has 1 fully saturated rings. The van der Waals surface area contributed by atoms with Crippen LogP contribution in [0.1, 0.15) is 19.9 Å². The first-order valence-corrected chi connectivity index (χ1v) is 10.1. The number of piperazine rings is 1. The van der Waals surface area contributed by atoms with Gasteiger partial charge >= 0.3 is 0 Å². The maximum atomic E-state index is 14.7. The Kier molecular flexibility index (Phi) is 4.66. The van der Waals surface area contributed by atoms with Crippen LogP contribution in [-0.4, -0.2) is 50.7 Å². The first kappa shape index (κ1) is 18.7. The molecule has 9 heteroatoms. The Balaban J connectivity index is 1.49. The monoisotopic (exact) mass is 406 g/mol. The van der Waals surface area contributed by atoms with Crippen molar-refractivity contribution in [1.29, 1.82) is 0 Å². The molecule has 0 saturated carbocycles. The first-order valence-electron chi connectivity index (χ1n) is 10.1. The second-order valence-electron chi connectivity index (χ2n) is 7.70. The van der Waals surface area contributed by atoms with E-state index in [1.165, 1.54) is 6.07 Å². The summed E-state index contributed by atoms with van der Waals surface area (Å²) in [6.07, 6.45) is 5.23. The van der Waals surface area contributed by atoms with Gasteiger partial charge in [0.2, 0.25) is 5.95 Å². The maximum Gasteiger partial charge on any atom is 0.229 e. The van der Waals surface area contributed by atoms with Gasteiger partial charge < -0.3 is 20.1 Å². The Hall–Kier alpha value is -3.33. The molecule has 1 aliphatic rings. The van der Waals surface area contributed by atoms with Gasteiger partial charge in [-0.2, -0.15) is 0 Å². The van der Waals surface area contributed by atoms with Crippen molar-refractivity contribution in [3.05, 3.63) is 42.7 Å². The minimum Gasteiger partial charge on any atom is -0.368 e. The molecule has 0 aliphatic carbocycles. The summed E-state index contributed by atoms with van der Waals surface area (Å²) >= 11 is 0. The van der Waals surface area contributed by atoms with E-state index in [0.717, 1.165) is 53.8 Å². The fourth-order valence-corrected chi connectivity index (χ4v) is 3.79. The van der Waals surface area contributed by atoms with Crippen molar-refractivity contribution in [2.75, 3.05) is 36.4 Å². The van der Waals surface area contributed by atoms with Crippen molar-refractivity contribution in [3.63, 3.8) is 0 Å². The lowest BCUT2D eigenvalue weighted by Crippen LogP contribution is -2.43. The second kappa shape index (κ2) is 7.49. The van der Waals surface area contributed by atoms with Crippen LogP contribution in [0.15, 0.2) is 36.9 Å². The smallest absolute Gasteiger partial charge is 0.229 e. The largest absolute Gasteiger partial charge is 0.368 e. The number of nitrogens with zero attached hydrogens (tertiary/aromatic N) is 6. The van der Waals surface area contributed by atoms with Gasteiger partial charge in [0, 0.05) is 49.9 Å². The van der Waals surface area contributed by atoms with E-state index in [-0.39, 0.29) is 11.9 Å². The molecule has 154 valence electrons. The Bertz CT molecular complexity index is 1210. The van der Waals surface area contributed by atoms with Crippen LogP contribution in [0, 0.1) is 5.82 Å². The fraction of sp³-hybridized carbons (Fsp3) is 0.333. The average molecular weight is 406 g/mol. The van der Waals surface area contributed by atoms with Gasteiger partial charge in [0.05, 0.1) is 29.2 Å². The lowest BCUT2D eigenvalue weighted by atomic mass is 10.2. The number of benzene rings is 1.